The average molecular weight is 312 g/mol. The van der Waals surface area contributed by atoms with Crippen LogP contribution < -0.4 is 20.1 Å². The minimum atomic E-state index is -0.0808. The van der Waals surface area contributed by atoms with Gasteiger partial charge in [0.1, 0.15) is 17.2 Å². The third-order valence-corrected chi connectivity index (χ3v) is 3.78. The van der Waals surface area contributed by atoms with E-state index in [9.17, 15) is 4.79 Å². The smallest absolute Gasteiger partial charge is 0.241 e. The van der Waals surface area contributed by atoms with Crippen LogP contribution in [0.4, 0.5) is 5.69 Å². The number of amides is 1. The van der Waals surface area contributed by atoms with E-state index in [4.69, 9.17) is 9.47 Å². The molecule has 5 heteroatoms. The van der Waals surface area contributed by atoms with Crippen LogP contribution in [0, 0.1) is 0 Å². The molecule has 0 radical (unpaired) electrons. The lowest BCUT2D eigenvalue weighted by Crippen LogP contribution is -2.35. The first-order chi connectivity index (χ1) is 11.2. The van der Waals surface area contributed by atoms with E-state index >= 15 is 0 Å². The van der Waals surface area contributed by atoms with Crippen LogP contribution >= 0.6 is 0 Å². The van der Waals surface area contributed by atoms with Gasteiger partial charge < -0.3 is 20.1 Å². The van der Waals surface area contributed by atoms with Crippen LogP contribution in [0.5, 0.6) is 17.2 Å². The van der Waals surface area contributed by atoms with Crippen molar-refractivity contribution in [2.75, 3.05) is 19.0 Å². The second-order valence-electron chi connectivity index (χ2n) is 5.44. The van der Waals surface area contributed by atoms with Crippen LogP contribution in [-0.2, 0) is 4.79 Å². The molecule has 1 aliphatic heterocycles. The largest absolute Gasteiger partial charge is 0.497 e. The summed E-state index contributed by atoms with van der Waals surface area (Å²) in [5.74, 6) is 2.17. The van der Waals surface area contributed by atoms with Crippen LogP contribution in [0.3, 0.4) is 0 Å². The Labute approximate surface area is 135 Å². The molecule has 0 aromatic heterocycles. The van der Waals surface area contributed by atoms with E-state index in [0.29, 0.717) is 11.5 Å². The fourth-order valence-corrected chi connectivity index (χ4v) is 2.54. The molecule has 1 saturated heterocycles. The van der Waals surface area contributed by atoms with Crippen molar-refractivity contribution in [3.63, 3.8) is 0 Å². The van der Waals surface area contributed by atoms with Gasteiger partial charge in [0.25, 0.3) is 0 Å². The summed E-state index contributed by atoms with van der Waals surface area (Å²) in [4.78, 5) is 12.0. The van der Waals surface area contributed by atoms with Gasteiger partial charge in [0.15, 0.2) is 0 Å². The minimum absolute atomic E-state index is 0.0176. The maximum Gasteiger partial charge on any atom is 0.241 e. The molecule has 0 bridgehead atoms. The highest BCUT2D eigenvalue weighted by Crippen LogP contribution is 2.26. The van der Waals surface area contributed by atoms with Crippen LogP contribution in [-0.4, -0.2) is 25.6 Å². The number of methoxy groups -OCH3 is 1. The topological polar surface area (TPSA) is 59.6 Å². The number of carbonyl (C=O) groups is 1. The number of benzene rings is 2. The molecule has 0 saturated carbocycles. The van der Waals surface area contributed by atoms with Crippen LogP contribution in [0.25, 0.3) is 0 Å². The fourth-order valence-electron chi connectivity index (χ4n) is 2.54. The Balaban J connectivity index is 1.61. The molecule has 3 rings (SSSR count). The van der Waals surface area contributed by atoms with E-state index in [-0.39, 0.29) is 11.9 Å². The fraction of sp³-hybridized carbons (Fsp3) is 0.278. The number of hydrogen-bond donors (Lipinski definition) is 2. The standard InChI is InChI=1S/C18H20N2O3/c1-22-15-4-2-5-16(12-15)23-14-9-7-13(8-10-14)20-18(21)17-6-3-11-19-17/h2,4-5,7-10,12,17,19H,3,6,11H2,1H3,(H,20,21). The van der Waals surface area contributed by atoms with Gasteiger partial charge in [-0.2, -0.15) is 0 Å². The minimum Gasteiger partial charge on any atom is -0.497 e. The molecule has 1 fully saturated rings. The molecule has 2 aromatic rings. The molecule has 0 spiro atoms. The van der Waals surface area contributed by atoms with Crippen molar-refractivity contribution < 1.29 is 14.3 Å². The van der Waals surface area contributed by atoms with Gasteiger partial charge in [-0.15, -0.1) is 0 Å². The number of carbonyl (C=O) groups excluding carboxylic acids is 1. The zero-order chi connectivity index (χ0) is 16.1. The third-order valence-electron chi connectivity index (χ3n) is 3.78. The number of rotatable bonds is 5. The van der Waals surface area contributed by atoms with Crippen molar-refractivity contribution in [1.29, 1.82) is 0 Å². The summed E-state index contributed by atoms with van der Waals surface area (Å²) in [6, 6.07) is 14.7. The zero-order valence-electron chi connectivity index (χ0n) is 13.0. The first-order valence-electron chi connectivity index (χ1n) is 7.71. The summed E-state index contributed by atoms with van der Waals surface area (Å²) in [5, 5.41) is 6.10. The lowest BCUT2D eigenvalue weighted by atomic mass is 10.2. The summed E-state index contributed by atoms with van der Waals surface area (Å²) < 4.78 is 10.9. The van der Waals surface area contributed by atoms with Gasteiger partial charge in [-0.1, -0.05) is 6.07 Å². The summed E-state index contributed by atoms with van der Waals surface area (Å²) >= 11 is 0. The molecular formula is C18H20N2O3. The normalized spacial score (nSPS) is 16.8. The van der Waals surface area contributed by atoms with Gasteiger partial charge in [0.05, 0.1) is 13.2 Å². The number of nitrogens with one attached hydrogen (secondary N) is 2. The molecule has 2 N–H and O–H groups in total. The Morgan fingerprint density at radius 1 is 1.13 bits per heavy atom. The van der Waals surface area contributed by atoms with Gasteiger partial charge in [-0.05, 0) is 55.8 Å². The van der Waals surface area contributed by atoms with Gasteiger partial charge >= 0.3 is 0 Å². The van der Waals surface area contributed by atoms with Crippen molar-refractivity contribution in [2.24, 2.45) is 0 Å². The highest BCUT2D eigenvalue weighted by atomic mass is 16.5. The molecular weight excluding hydrogens is 292 g/mol. The Hall–Kier alpha value is -2.53. The van der Waals surface area contributed by atoms with Crippen LogP contribution in [0.2, 0.25) is 0 Å². The van der Waals surface area contributed by atoms with Crippen molar-refractivity contribution in [1.82, 2.24) is 5.32 Å². The van der Waals surface area contributed by atoms with Crippen LogP contribution in [0.1, 0.15) is 12.8 Å². The maximum atomic E-state index is 12.0. The summed E-state index contributed by atoms with van der Waals surface area (Å²) in [7, 11) is 1.62. The second kappa shape index (κ2) is 7.15. The predicted octanol–water partition coefficient (Wildman–Crippen LogP) is 3.18. The lowest BCUT2D eigenvalue weighted by molar-refractivity contribution is -0.117. The molecule has 1 amide bonds. The summed E-state index contributed by atoms with van der Waals surface area (Å²) in [6.45, 7) is 0.908. The average Bonchev–Trinajstić information content (AvgIpc) is 3.11. The number of ether oxygens (including phenoxy) is 2. The second-order valence-corrected chi connectivity index (χ2v) is 5.44. The Bertz CT molecular complexity index is 664. The SMILES string of the molecule is COc1cccc(Oc2ccc(NC(=O)C3CCCN3)cc2)c1. The first-order valence-corrected chi connectivity index (χ1v) is 7.71. The first kappa shape index (κ1) is 15.4. The Kier molecular flexibility index (Phi) is 4.78. The lowest BCUT2D eigenvalue weighted by Gasteiger charge is -2.12. The Morgan fingerprint density at radius 2 is 1.91 bits per heavy atom. The van der Waals surface area contributed by atoms with Gasteiger partial charge in [-0.3, -0.25) is 4.79 Å². The Morgan fingerprint density at radius 3 is 2.61 bits per heavy atom. The summed E-state index contributed by atoms with van der Waals surface area (Å²) in [6.07, 6.45) is 1.94. The van der Waals surface area contributed by atoms with Crippen molar-refractivity contribution in [2.45, 2.75) is 18.9 Å². The highest BCUT2D eigenvalue weighted by Gasteiger charge is 2.21. The summed E-state index contributed by atoms with van der Waals surface area (Å²) in [5.41, 5.74) is 0.765. The maximum absolute atomic E-state index is 12.0. The van der Waals surface area contributed by atoms with E-state index in [1.807, 2.05) is 48.5 Å². The van der Waals surface area contributed by atoms with Crippen LogP contribution in [0.15, 0.2) is 48.5 Å². The monoisotopic (exact) mass is 312 g/mol. The predicted molar refractivity (Wildman–Crippen MR) is 89.2 cm³/mol. The number of anilines is 1. The van der Waals surface area contributed by atoms with E-state index < -0.39 is 0 Å². The van der Waals surface area contributed by atoms with E-state index in [0.717, 1.165) is 30.8 Å². The zero-order valence-corrected chi connectivity index (χ0v) is 13.0. The van der Waals surface area contributed by atoms with Crippen molar-refractivity contribution >= 4 is 11.6 Å². The van der Waals surface area contributed by atoms with E-state index in [2.05, 4.69) is 10.6 Å². The molecule has 23 heavy (non-hydrogen) atoms. The van der Waals surface area contributed by atoms with Gasteiger partial charge in [0, 0.05) is 11.8 Å². The van der Waals surface area contributed by atoms with Crippen molar-refractivity contribution in [3.05, 3.63) is 48.5 Å². The van der Waals surface area contributed by atoms with Gasteiger partial charge in [-0.25, -0.2) is 0 Å². The van der Waals surface area contributed by atoms with Crippen molar-refractivity contribution in [3.8, 4) is 17.2 Å². The molecule has 1 atom stereocenters. The molecule has 2 aromatic carbocycles. The molecule has 1 heterocycles. The quantitative estimate of drug-likeness (QED) is 0.890. The molecule has 120 valence electrons. The molecule has 5 nitrogen and oxygen atoms in total. The number of hydrogen-bond acceptors (Lipinski definition) is 4. The molecule has 1 aliphatic rings. The molecule has 0 aliphatic carbocycles. The van der Waals surface area contributed by atoms with E-state index in [1.54, 1.807) is 7.11 Å². The molecule has 1 unspecified atom stereocenters. The third kappa shape index (κ3) is 4.02. The van der Waals surface area contributed by atoms with Gasteiger partial charge in [0.2, 0.25) is 5.91 Å². The highest BCUT2D eigenvalue weighted by molar-refractivity contribution is 5.95. The van der Waals surface area contributed by atoms with E-state index in [1.165, 1.54) is 0 Å².